The molecule has 8 nitrogen and oxygen atoms in total. The normalized spacial score (nSPS) is 17.1. The Bertz CT molecular complexity index is 1150. The Labute approximate surface area is 216 Å². The summed E-state index contributed by atoms with van der Waals surface area (Å²) < 4.78 is 16.9. The van der Waals surface area contributed by atoms with E-state index in [9.17, 15) is 9.59 Å². The molecule has 0 aromatic heterocycles. The number of hydrogen-bond donors (Lipinski definition) is 3. The van der Waals surface area contributed by atoms with Crippen LogP contribution in [0.3, 0.4) is 0 Å². The summed E-state index contributed by atoms with van der Waals surface area (Å²) in [6, 6.07) is 9.75. The third-order valence-corrected chi connectivity index (χ3v) is 6.12. The van der Waals surface area contributed by atoms with E-state index < -0.39 is 17.9 Å². The molecule has 2 aromatic rings. The molecule has 178 valence electrons. The second kappa shape index (κ2) is 11.3. The van der Waals surface area contributed by atoms with E-state index >= 15 is 0 Å². The lowest BCUT2D eigenvalue weighted by Gasteiger charge is -2.35. The number of halogens is 1. The van der Waals surface area contributed by atoms with E-state index in [1.807, 2.05) is 6.07 Å². The highest BCUT2D eigenvalue weighted by molar-refractivity contribution is 14.1. The molecule has 1 amide bonds. The van der Waals surface area contributed by atoms with E-state index in [1.54, 1.807) is 43.5 Å². The standard InChI is InChI=1S/C24H24IN3O5S/c1-5-10-33-21-16(25)11-14(12-18(21)31-3)20-19(13(2)26-24(34)28-20)22(29)27-17-9-7-6-8-15(17)23(30)32-4/h5-9,11-12,19-20H,1-2,10H2,3-4H3,(H,27,29)(H2,26,28,34)/t19-,20-/m0/s1. The molecule has 0 bridgehead atoms. The van der Waals surface area contributed by atoms with E-state index in [0.717, 1.165) is 9.13 Å². The molecule has 1 aliphatic rings. The van der Waals surface area contributed by atoms with Gasteiger partial charge in [0.2, 0.25) is 5.91 Å². The smallest absolute Gasteiger partial charge is 0.339 e. The number of methoxy groups -OCH3 is 2. The Kier molecular flexibility index (Phi) is 8.51. The Morgan fingerprint density at radius 3 is 2.68 bits per heavy atom. The van der Waals surface area contributed by atoms with E-state index in [2.05, 4.69) is 51.7 Å². The molecule has 0 spiro atoms. The number of hydrogen-bond acceptors (Lipinski definition) is 6. The summed E-state index contributed by atoms with van der Waals surface area (Å²) in [4.78, 5) is 25.6. The Morgan fingerprint density at radius 1 is 1.26 bits per heavy atom. The first-order valence-electron chi connectivity index (χ1n) is 10.2. The van der Waals surface area contributed by atoms with Crippen LogP contribution in [0.4, 0.5) is 5.69 Å². The van der Waals surface area contributed by atoms with Gasteiger partial charge in [-0.1, -0.05) is 31.4 Å². The molecule has 0 unspecified atom stereocenters. The third kappa shape index (κ3) is 5.50. The lowest BCUT2D eigenvalue weighted by atomic mass is 9.88. The molecular formula is C24H24IN3O5S. The van der Waals surface area contributed by atoms with Gasteiger partial charge in [-0.05, 0) is 64.6 Å². The van der Waals surface area contributed by atoms with Crippen LogP contribution in [-0.4, -0.2) is 37.8 Å². The highest BCUT2D eigenvalue weighted by atomic mass is 127. The molecule has 10 heteroatoms. The summed E-state index contributed by atoms with van der Waals surface area (Å²) >= 11 is 7.48. The van der Waals surface area contributed by atoms with E-state index in [0.29, 0.717) is 34.6 Å². The van der Waals surface area contributed by atoms with Gasteiger partial charge in [0.05, 0.1) is 35.1 Å². The largest absolute Gasteiger partial charge is 0.493 e. The van der Waals surface area contributed by atoms with Crippen LogP contribution in [0.25, 0.3) is 0 Å². The van der Waals surface area contributed by atoms with Crippen molar-refractivity contribution in [2.45, 2.75) is 6.04 Å². The molecular weight excluding hydrogens is 569 g/mol. The maximum Gasteiger partial charge on any atom is 0.339 e. The van der Waals surface area contributed by atoms with E-state index in [4.69, 9.17) is 26.4 Å². The monoisotopic (exact) mass is 593 g/mol. The minimum atomic E-state index is -0.766. The molecule has 0 saturated carbocycles. The summed E-state index contributed by atoms with van der Waals surface area (Å²) in [6.07, 6.45) is 1.65. The van der Waals surface area contributed by atoms with Gasteiger partial charge in [-0.15, -0.1) is 0 Å². The second-order valence-electron chi connectivity index (χ2n) is 7.24. The molecule has 1 aliphatic heterocycles. The van der Waals surface area contributed by atoms with Crippen LogP contribution in [-0.2, 0) is 9.53 Å². The summed E-state index contributed by atoms with van der Waals surface area (Å²) in [5.41, 5.74) is 1.74. The number of anilines is 1. The van der Waals surface area contributed by atoms with Gasteiger partial charge >= 0.3 is 5.97 Å². The number of para-hydroxylation sites is 1. The maximum atomic E-state index is 13.5. The fourth-order valence-corrected chi connectivity index (χ4v) is 4.60. The van der Waals surface area contributed by atoms with Crippen molar-refractivity contribution in [1.29, 1.82) is 0 Å². The van der Waals surface area contributed by atoms with Crippen molar-refractivity contribution in [2.75, 3.05) is 26.1 Å². The number of carbonyl (C=O) groups excluding carboxylic acids is 2. The van der Waals surface area contributed by atoms with Crippen LogP contribution in [0.2, 0.25) is 0 Å². The van der Waals surface area contributed by atoms with Gasteiger partial charge in [0.25, 0.3) is 0 Å². The molecule has 0 aliphatic carbocycles. The fourth-order valence-electron chi connectivity index (χ4n) is 3.56. The zero-order valence-electron chi connectivity index (χ0n) is 18.6. The van der Waals surface area contributed by atoms with Crippen molar-refractivity contribution in [3.63, 3.8) is 0 Å². The average Bonchev–Trinajstić information content (AvgIpc) is 2.82. The van der Waals surface area contributed by atoms with Gasteiger partial charge in [-0.3, -0.25) is 4.79 Å². The molecule has 3 N–H and O–H groups in total. The molecule has 0 radical (unpaired) electrons. The topological polar surface area (TPSA) is 97.9 Å². The average molecular weight is 593 g/mol. The van der Waals surface area contributed by atoms with Crippen LogP contribution in [0.15, 0.2) is 61.3 Å². The minimum Gasteiger partial charge on any atom is -0.493 e. The molecule has 1 fully saturated rings. The molecule has 1 saturated heterocycles. The van der Waals surface area contributed by atoms with Gasteiger partial charge < -0.3 is 30.2 Å². The lowest BCUT2D eigenvalue weighted by Crippen LogP contribution is -2.51. The van der Waals surface area contributed by atoms with Crippen LogP contribution >= 0.6 is 34.8 Å². The number of ether oxygens (including phenoxy) is 3. The van der Waals surface area contributed by atoms with Crippen LogP contribution < -0.4 is 25.4 Å². The van der Waals surface area contributed by atoms with E-state index in [1.165, 1.54) is 7.11 Å². The summed E-state index contributed by atoms with van der Waals surface area (Å²) in [6.45, 7) is 8.02. The molecule has 34 heavy (non-hydrogen) atoms. The van der Waals surface area contributed by atoms with Gasteiger partial charge in [-0.25, -0.2) is 4.79 Å². The molecule has 3 rings (SSSR count). The molecule has 2 aromatic carbocycles. The molecule has 2 atom stereocenters. The third-order valence-electron chi connectivity index (χ3n) is 5.10. The summed E-state index contributed by atoms with van der Waals surface area (Å²) in [5.74, 6) is -0.611. The SMILES string of the molecule is C=CCOc1c(I)cc([C@@H]2NC(=S)NC(=C)[C@@H]2C(=O)Nc2ccccc2C(=O)OC)cc1OC. The summed E-state index contributed by atoms with van der Waals surface area (Å²) in [5, 5.41) is 9.26. The van der Waals surface area contributed by atoms with Crippen LogP contribution in [0.1, 0.15) is 22.0 Å². The predicted molar refractivity (Wildman–Crippen MR) is 142 cm³/mol. The van der Waals surface area contributed by atoms with Crippen molar-refractivity contribution in [3.05, 3.63) is 76.0 Å². The van der Waals surface area contributed by atoms with Crippen LogP contribution in [0, 0.1) is 9.49 Å². The fraction of sp³-hybridized carbons (Fsp3) is 0.208. The Balaban J connectivity index is 1.99. The van der Waals surface area contributed by atoms with Gasteiger partial charge in [0.1, 0.15) is 12.5 Å². The minimum absolute atomic E-state index is 0.243. The first-order chi connectivity index (χ1) is 16.3. The van der Waals surface area contributed by atoms with Gasteiger partial charge in [0, 0.05) is 5.70 Å². The first kappa shape index (κ1) is 25.5. The van der Waals surface area contributed by atoms with Crippen molar-refractivity contribution in [3.8, 4) is 11.5 Å². The number of rotatable bonds is 8. The second-order valence-corrected chi connectivity index (χ2v) is 8.81. The molecule has 1 heterocycles. The Hall–Kier alpha value is -3.12. The predicted octanol–water partition coefficient (Wildman–Crippen LogP) is 3.94. The quantitative estimate of drug-likeness (QED) is 0.183. The lowest BCUT2D eigenvalue weighted by molar-refractivity contribution is -0.119. The zero-order chi connectivity index (χ0) is 24.8. The van der Waals surface area contributed by atoms with E-state index in [-0.39, 0.29) is 11.5 Å². The maximum absolute atomic E-state index is 13.5. The van der Waals surface area contributed by atoms with Crippen molar-refractivity contribution < 1.29 is 23.8 Å². The highest BCUT2D eigenvalue weighted by Crippen LogP contribution is 2.39. The first-order valence-corrected chi connectivity index (χ1v) is 11.6. The summed E-state index contributed by atoms with van der Waals surface area (Å²) in [7, 11) is 2.83. The van der Waals surface area contributed by atoms with Gasteiger partial charge in [0.15, 0.2) is 16.6 Å². The van der Waals surface area contributed by atoms with Crippen LogP contribution in [0.5, 0.6) is 11.5 Å². The number of carbonyl (C=O) groups is 2. The van der Waals surface area contributed by atoms with Crippen molar-refractivity contribution in [1.82, 2.24) is 10.6 Å². The number of esters is 1. The number of amides is 1. The van der Waals surface area contributed by atoms with Crippen molar-refractivity contribution >= 4 is 57.5 Å². The number of nitrogens with one attached hydrogen (secondary N) is 3. The Morgan fingerprint density at radius 2 is 2.00 bits per heavy atom. The van der Waals surface area contributed by atoms with Crippen molar-refractivity contribution in [2.24, 2.45) is 5.92 Å². The number of benzene rings is 2. The zero-order valence-corrected chi connectivity index (χ0v) is 21.6. The van der Waals surface area contributed by atoms with Gasteiger partial charge in [-0.2, -0.15) is 0 Å². The highest BCUT2D eigenvalue weighted by Gasteiger charge is 2.37. The number of thiocarbonyl (C=S) groups is 1.